The van der Waals surface area contributed by atoms with Gasteiger partial charge in [-0.05, 0) is 59.0 Å². The third kappa shape index (κ3) is 2.83. The largest absolute Gasteiger partial charge is 0.456 e. The second-order valence-electron chi connectivity index (χ2n) is 8.88. The average molecular weight is 483 g/mol. The molecule has 1 aliphatic rings. The quantitative estimate of drug-likeness (QED) is 0.243. The Morgan fingerprint density at radius 3 is 2.11 bits per heavy atom. The van der Waals surface area contributed by atoms with Gasteiger partial charge in [-0.15, -0.1) is 11.3 Å². The normalized spacial score (nSPS) is 12.5. The van der Waals surface area contributed by atoms with Gasteiger partial charge >= 0.3 is 0 Å². The monoisotopic (exact) mass is 482 g/mol. The summed E-state index contributed by atoms with van der Waals surface area (Å²) in [6.07, 6.45) is 0. The maximum atomic E-state index is 6.57. The Balaban J connectivity index is 1.31. The van der Waals surface area contributed by atoms with E-state index in [0.29, 0.717) is 0 Å². The molecule has 35 heavy (non-hydrogen) atoms. The summed E-state index contributed by atoms with van der Waals surface area (Å²) < 4.78 is 9.15. The van der Waals surface area contributed by atoms with Crippen LogP contribution in [0.5, 0.6) is 0 Å². The zero-order valence-corrected chi connectivity index (χ0v) is 20.3. The minimum absolute atomic E-state index is 0.908. The lowest BCUT2D eigenvalue weighted by Gasteiger charge is -2.21. The highest BCUT2D eigenvalue weighted by atomic mass is 32.2. The molecule has 0 bridgehead atoms. The van der Waals surface area contributed by atoms with Gasteiger partial charge in [-0.25, -0.2) is 0 Å². The molecular weight excluding hydrogens is 464 g/mol. The molecule has 8 rings (SSSR count). The van der Waals surface area contributed by atoms with E-state index in [1.807, 2.05) is 23.1 Å². The fourth-order valence-corrected chi connectivity index (χ4v) is 7.71. The van der Waals surface area contributed by atoms with Crippen LogP contribution in [0.3, 0.4) is 0 Å². The van der Waals surface area contributed by atoms with E-state index in [1.54, 1.807) is 0 Å². The van der Waals surface area contributed by atoms with Crippen molar-refractivity contribution in [2.75, 3.05) is 0 Å². The molecule has 0 atom stereocenters. The highest BCUT2D eigenvalue weighted by molar-refractivity contribution is 7.99. The van der Waals surface area contributed by atoms with Crippen LogP contribution in [0, 0.1) is 0 Å². The molecule has 164 valence electrons. The Hall–Kier alpha value is -3.79. The third-order valence-electron chi connectivity index (χ3n) is 6.94. The van der Waals surface area contributed by atoms with Gasteiger partial charge in [-0.3, -0.25) is 0 Å². The number of rotatable bonds is 2. The van der Waals surface area contributed by atoms with Crippen molar-refractivity contribution in [3.05, 3.63) is 109 Å². The fourth-order valence-electron chi connectivity index (χ4n) is 5.36. The summed E-state index contributed by atoms with van der Waals surface area (Å²) in [6, 6.07) is 39.2. The van der Waals surface area contributed by atoms with Crippen LogP contribution < -0.4 is 0 Å². The van der Waals surface area contributed by atoms with Crippen LogP contribution in [-0.2, 0) is 0 Å². The van der Waals surface area contributed by atoms with Crippen LogP contribution in [0.2, 0.25) is 0 Å². The van der Waals surface area contributed by atoms with Crippen LogP contribution in [0.15, 0.2) is 123 Å². The van der Waals surface area contributed by atoms with Crippen molar-refractivity contribution in [2.24, 2.45) is 0 Å². The molecule has 2 aromatic heterocycles. The van der Waals surface area contributed by atoms with E-state index in [1.165, 1.54) is 51.9 Å². The molecule has 0 radical (unpaired) electrons. The topological polar surface area (TPSA) is 13.1 Å². The molecule has 3 heteroatoms. The van der Waals surface area contributed by atoms with Crippen molar-refractivity contribution in [2.45, 2.75) is 9.79 Å². The summed E-state index contributed by atoms with van der Waals surface area (Å²) >= 11 is 3.69. The van der Waals surface area contributed by atoms with E-state index in [4.69, 9.17) is 4.42 Å². The fraction of sp³-hybridized carbons (Fsp3) is 0. The molecule has 0 amide bonds. The summed E-state index contributed by atoms with van der Waals surface area (Å²) in [6.45, 7) is 0. The molecular formula is C32H18OS2. The van der Waals surface area contributed by atoms with Gasteiger partial charge in [-0.2, -0.15) is 0 Å². The molecule has 7 aromatic rings. The van der Waals surface area contributed by atoms with Gasteiger partial charge in [0, 0.05) is 46.5 Å². The van der Waals surface area contributed by atoms with Gasteiger partial charge in [0.15, 0.2) is 0 Å². The lowest BCUT2D eigenvalue weighted by Crippen LogP contribution is -1.93. The Bertz CT molecular complexity index is 1940. The molecule has 5 aromatic carbocycles. The second kappa shape index (κ2) is 7.35. The Morgan fingerprint density at radius 2 is 1.17 bits per heavy atom. The van der Waals surface area contributed by atoms with Gasteiger partial charge in [0.1, 0.15) is 11.5 Å². The lowest BCUT2D eigenvalue weighted by atomic mass is 9.94. The number of benzene rings is 5. The summed E-state index contributed by atoms with van der Waals surface area (Å²) in [5.41, 5.74) is 4.90. The number of furan rings is 1. The first-order chi connectivity index (χ1) is 17.3. The molecule has 0 fully saturated rings. The van der Waals surface area contributed by atoms with Crippen LogP contribution in [0.1, 0.15) is 0 Å². The number of hydrogen-bond acceptors (Lipinski definition) is 3. The SMILES string of the molecule is c1ccc2c(c1)Sc1ccc(-c3ccc(-c4cccc5c4sc4ccccc45)o3)c3cccc-2c13. The molecule has 1 aliphatic heterocycles. The number of thiophene rings is 1. The first-order valence-corrected chi connectivity index (χ1v) is 13.3. The Morgan fingerprint density at radius 1 is 0.457 bits per heavy atom. The predicted octanol–water partition coefficient (Wildman–Crippen LogP) is 10.3. The van der Waals surface area contributed by atoms with Gasteiger partial charge in [0.05, 0.1) is 0 Å². The maximum absolute atomic E-state index is 6.57. The van der Waals surface area contributed by atoms with Gasteiger partial charge < -0.3 is 4.42 Å². The van der Waals surface area contributed by atoms with Crippen LogP contribution in [0.4, 0.5) is 0 Å². The lowest BCUT2D eigenvalue weighted by molar-refractivity contribution is 0.599. The third-order valence-corrected chi connectivity index (χ3v) is 9.30. The first kappa shape index (κ1) is 19.5. The van der Waals surface area contributed by atoms with Crippen molar-refractivity contribution < 1.29 is 4.42 Å². The molecule has 0 aliphatic carbocycles. The second-order valence-corrected chi connectivity index (χ2v) is 11.0. The highest BCUT2D eigenvalue weighted by Gasteiger charge is 2.21. The summed E-state index contributed by atoms with van der Waals surface area (Å²) in [7, 11) is 0. The first-order valence-electron chi connectivity index (χ1n) is 11.7. The minimum Gasteiger partial charge on any atom is -0.456 e. The summed E-state index contributed by atoms with van der Waals surface area (Å²) in [5, 5.41) is 5.15. The van der Waals surface area contributed by atoms with Crippen molar-refractivity contribution in [1.82, 2.24) is 0 Å². The van der Waals surface area contributed by atoms with Crippen molar-refractivity contribution >= 4 is 54.0 Å². The molecule has 0 saturated heterocycles. The number of hydrogen-bond donors (Lipinski definition) is 0. The molecule has 0 saturated carbocycles. The van der Waals surface area contributed by atoms with Gasteiger partial charge in [-0.1, -0.05) is 78.5 Å². The smallest absolute Gasteiger partial charge is 0.136 e. The van der Waals surface area contributed by atoms with E-state index in [0.717, 1.165) is 22.6 Å². The van der Waals surface area contributed by atoms with Crippen LogP contribution in [-0.4, -0.2) is 0 Å². The van der Waals surface area contributed by atoms with E-state index >= 15 is 0 Å². The minimum atomic E-state index is 0.908. The van der Waals surface area contributed by atoms with Crippen molar-refractivity contribution in [1.29, 1.82) is 0 Å². The standard InChI is InChI=1S/C32H18OS2/c1-3-13-28-20(7-1)23-10-5-9-22-19(15-18-30(34-28)31(22)23)26-16-17-27(33-26)25-12-6-11-24-21-8-2-4-14-29(21)35-32(24)25/h1-18H. The molecule has 3 heterocycles. The van der Waals surface area contributed by atoms with E-state index < -0.39 is 0 Å². The van der Waals surface area contributed by atoms with E-state index in [-0.39, 0.29) is 0 Å². The maximum Gasteiger partial charge on any atom is 0.136 e. The Labute approximate surface area is 210 Å². The molecule has 0 spiro atoms. The number of fused-ring (bicyclic) bond motifs is 5. The highest BCUT2D eigenvalue weighted by Crippen LogP contribution is 2.50. The zero-order chi connectivity index (χ0) is 22.9. The Kier molecular flexibility index (Phi) is 4.10. The van der Waals surface area contributed by atoms with Crippen LogP contribution in [0.25, 0.3) is 64.7 Å². The molecule has 1 nitrogen and oxygen atoms in total. The summed E-state index contributed by atoms with van der Waals surface area (Å²) in [5.74, 6) is 1.82. The summed E-state index contributed by atoms with van der Waals surface area (Å²) in [4.78, 5) is 2.62. The van der Waals surface area contributed by atoms with E-state index in [9.17, 15) is 0 Å². The van der Waals surface area contributed by atoms with Crippen molar-refractivity contribution in [3.63, 3.8) is 0 Å². The molecule has 0 N–H and O–H groups in total. The average Bonchev–Trinajstić information content (AvgIpc) is 3.54. The van der Waals surface area contributed by atoms with E-state index in [2.05, 4.69) is 109 Å². The predicted molar refractivity (Wildman–Crippen MR) is 150 cm³/mol. The molecule has 0 unspecified atom stereocenters. The van der Waals surface area contributed by atoms with Gasteiger partial charge in [0.2, 0.25) is 0 Å². The van der Waals surface area contributed by atoms with Gasteiger partial charge in [0.25, 0.3) is 0 Å². The van der Waals surface area contributed by atoms with Crippen molar-refractivity contribution in [3.8, 4) is 33.8 Å². The van der Waals surface area contributed by atoms with Crippen LogP contribution >= 0.6 is 23.1 Å². The zero-order valence-electron chi connectivity index (χ0n) is 18.6.